The van der Waals surface area contributed by atoms with Gasteiger partial charge in [0.1, 0.15) is 0 Å². The van der Waals surface area contributed by atoms with Gasteiger partial charge in [-0.25, -0.2) is 0 Å². The summed E-state index contributed by atoms with van der Waals surface area (Å²) in [6.07, 6.45) is 0. The predicted octanol–water partition coefficient (Wildman–Crippen LogP) is 4.60. The van der Waals surface area contributed by atoms with Gasteiger partial charge in [-0.3, -0.25) is 4.68 Å². The number of nitrogens with one attached hydrogen (secondary N) is 2. The normalized spacial score (nSPS) is 11.8. The van der Waals surface area contributed by atoms with Crippen LogP contribution < -0.4 is 10.6 Å². The van der Waals surface area contributed by atoms with Crippen molar-refractivity contribution in [1.82, 2.24) is 15.1 Å². The van der Waals surface area contributed by atoms with Gasteiger partial charge in [-0.15, -0.1) is 0 Å². The highest BCUT2D eigenvalue weighted by Gasteiger charge is 2.07. The number of hydrogen-bond donors (Lipinski definition) is 2. The molecule has 4 nitrogen and oxygen atoms in total. The zero-order valence-electron chi connectivity index (χ0n) is 15.4. The van der Waals surface area contributed by atoms with Gasteiger partial charge in [0.25, 0.3) is 0 Å². The van der Waals surface area contributed by atoms with Crippen molar-refractivity contribution in [3.05, 3.63) is 83.2 Å². The molecular weight excluding hydrogens is 340 g/mol. The molecule has 5 heteroatoms. The van der Waals surface area contributed by atoms with Crippen LogP contribution in [0, 0.1) is 13.8 Å². The highest BCUT2D eigenvalue weighted by atomic mass is 32.1. The lowest BCUT2D eigenvalue weighted by atomic mass is 10.1. The van der Waals surface area contributed by atoms with E-state index in [1.807, 2.05) is 41.9 Å². The molecule has 3 rings (SSSR count). The maximum atomic E-state index is 5.47. The molecule has 3 aromatic rings. The molecule has 0 bridgehead atoms. The highest BCUT2D eigenvalue weighted by Crippen LogP contribution is 2.15. The molecule has 1 atom stereocenters. The molecule has 0 spiro atoms. The van der Waals surface area contributed by atoms with Gasteiger partial charge in [0.15, 0.2) is 5.11 Å². The van der Waals surface area contributed by atoms with Gasteiger partial charge in [0.05, 0.1) is 18.3 Å². The number of anilines is 1. The molecule has 1 aromatic heterocycles. The summed E-state index contributed by atoms with van der Waals surface area (Å²) in [7, 11) is 0. The Morgan fingerprint density at radius 3 is 2.54 bits per heavy atom. The van der Waals surface area contributed by atoms with Gasteiger partial charge < -0.3 is 10.6 Å². The van der Waals surface area contributed by atoms with Crippen LogP contribution in [0.2, 0.25) is 0 Å². The molecule has 2 aromatic carbocycles. The lowest BCUT2D eigenvalue weighted by Crippen LogP contribution is -2.30. The molecule has 134 valence electrons. The number of benzene rings is 2. The minimum absolute atomic E-state index is 0.147. The minimum Gasteiger partial charge on any atom is -0.356 e. The van der Waals surface area contributed by atoms with Crippen LogP contribution in [0.25, 0.3) is 0 Å². The van der Waals surface area contributed by atoms with Crippen LogP contribution in [0.3, 0.4) is 0 Å². The van der Waals surface area contributed by atoms with E-state index < -0.39 is 0 Å². The molecule has 0 saturated heterocycles. The van der Waals surface area contributed by atoms with E-state index in [2.05, 4.69) is 59.9 Å². The second-order valence-corrected chi connectivity index (χ2v) is 6.92. The SMILES string of the molecule is Cc1cc(C)n(Cc2cccc(NC(=S)NC(C)c3ccccc3)c2)n1. The van der Waals surface area contributed by atoms with Crippen molar-refractivity contribution in [2.45, 2.75) is 33.4 Å². The topological polar surface area (TPSA) is 41.9 Å². The third-order valence-corrected chi connectivity index (χ3v) is 4.49. The van der Waals surface area contributed by atoms with Crippen molar-refractivity contribution in [2.24, 2.45) is 0 Å². The summed E-state index contributed by atoms with van der Waals surface area (Å²) in [5.41, 5.74) is 5.56. The molecule has 0 fully saturated rings. The van der Waals surface area contributed by atoms with Crippen molar-refractivity contribution in [2.75, 3.05) is 5.32 Å². The molecule has 2 N–H and O–H groups in total. The average molecular weight is 365 g/mol. The van der Waals surface area contributed by atoms with E-state index >= 15 is 0 Å². The summed E-state index contributed by atoms with van der Waals surface area (Å²) in [6, 6.07) is 20.8. The Bertz CT molecular complexity index is 886. The molecule has 1 heterocycles. The van der Waals surface area contributed by atoms with Gasteiger partial charge in [-0.1, -0.05) is 42.5 Å². The van der Waals surface area contributed by atoms with Crippen LogP contribution in [0.5, 0.6) is 0 Å². The fourth-order valence-corrected chi connectivity index (χ4v) is 3.24. The summed E-state index contributed by atoms with van der Waals surface area (Å²) in [6.45, 7) is 6.93. The second kappa shape index (κ2) is 8.15. The fraction of sp³-hybridized carbons (Fsp3) is 0.238. The number of hydrogen-bond acceptors (Lipinski definition) is 2. The van der Waals surface area contributed by atoms with Crippen LogP contribution in [-0.2, 0) is 6.54 Å². The van der Waals surface area contributed by atoms with E-state index in [-0.39, 0.29) is 6.04 Å². The lowest BCUT2D eigenvalue weighted by molar-refractivity contribution is 0.659. The zero-order valence-corrected chi connectivity index (χ0v) is 16.2. The smallest absolute Gasteiger partial charge is 0.171 e. The first-order chi connectivity index (χ1) is 12.5. The monoisotopic (exact) mass is 364 g/mol. The van der Waals surface area contributed by atoms with Gasteiger partial charge in [0, 0.05) is 11.4 Å². The number of rotatable bonds is 5. The summed E-state index contributed by atoms with van der Waals surface area (Å²) >= 11 is 5.47. The number of aromatic nitrogens is 2. The van der Waals surface area contributed by atoms with Gasteiger partial charge >= 0.3 is 0 Å². The molecule has 0 aliphatic heterocycles. The summed E-state index contributed by atoms with van der Waals surface area (Å²) in [5.74, 6) is 0. The van der Waals surface area contributed by atoms with Crippen molar-refractivity contribution in [3.63, 3.8) is 0 Å². The molecule has 26 heavy (non-hydrogen) atoms. The first-order valence-corrected chi connectivity index (χ1v) is 9.14. The molecule has 0 amide bonds. The van der Waals surface area contributed by atoms with Gasteiger partial charge in [-0.2, -0.15) is 5.10 Å². The standard InChI is InChI=1S/C21H24N4S/c1-15-12-16(2)25(24-15)14-18-8-7-11-20(13-18)23-21(26)22-17(3)19-9-5-4-6-10-19/h4-13,17H,14H2,1-3H3,(H2,22,23,26). The van der Waals surface area contributed by atoms with Crippen molar-refractivity contribution < 1.29 is 0 Å². The van der Waals surface area contributed by atoms with Crippen LogP contribution in [0.4, 0.5) is 5.69 Å². The lowest BCUT2D eigenvalue weighted by Gasteiger charge is -2.17. The first-order valence-electron chi connectivity index (χ1n) is 8.74. The summed E-state index contributed by atoms with van der Waals surface area (Å²) in [5, 5.41) is 11.8. The number of aryl methyl sites for hydroxylation is 2. The van der Waals surface area contributed by atoms with E-state index in [0.717, 1.165) is 23.6 Å². The highest BCUT2D eigenvalue weighted by molar-refractivity contribution is 7.80. The fourth-order valence-electron chi connectivity index (χ4n) is 2.94. The van der Waals surface area contributed by atoms with Crippen molar-refractivity contribution in [1.29, 1.82) is 0 Å². The average Bonchev–Trinajstić information content (AvgIpc) is 2.93. The predicted molar refractivity (Wildman–Crippen MR) is 111 cm³/mol. The Balaban J connectivity index is 1.63. The van der Waals surface area contributed by atoms with Crippen LogP contribution in [-0.4, -0.2) is 14.9 Å². The Kier molecular flexibility index (Phi) is 5.68. The Morgan fingerprint density at radius 1 is 1.08 bits per heavy atom. The zero-order chi connectivity index (χ0) is 18.5. The number of thiocarbonyl (C=S) groups is 1. The Hall–Kier alpha value is -2.66. The van der Waals surface area contributed by atoms with Crippen molar-refractivity contribution >= 4 is 23.0 Å². The summed E-state index contributed by atoms with van der Waals surface area (Å²) < 4.78 is 2.02. The van der Waals surface area contributed by atoms with E-state index in [4.69, 9.17) is 12.2 Å². The van der Waals surface area contributed by atoms with Gasteiger partial charge in [0.2, 0.25) is 0 Å². The molecule has 1 unspecified atom stereocenters. The van der Waals surface area contributed by atoms with E-state index in [9.17, 15) is 0 Å². The second-order valence-electron chi connectivity index (χ2n) is 6.52. The molecule has 0 saturated carbocycles. The van der Waals surface area contributed by atoms with Crippen molar-refractivity contribution in [3.8, 4) is 0 Å². The van der Waals surface area contributed by atoms with Gasteiger partial charge in [-0.05, 0) is 62.3 Å². The van der Waals surface area contributed by atoms with Crippen LogP contribution in [0.15, 0.2) is 60.7 Å². The van der Waals surface area contributed by atoms with Crippen LogP contribution >= 0.6 is 12.2 Å². The first kappa shape index (κ1) is 18.1. The molecule has 0 aliphatic rings. The molecule has 0 radical (unpaired) electrons. The quantitative estimate of drug-likeness (QED) is 0.650. The molecule has 0 aliphatic carbocycles. The Labute approximate surface area is 160 Å². The maximum Gasteiger partial charge on any atom is 0.171 e. The Morgan fingerprint density at radius 2 is 1.85 bits per heavy atom. The molecular formula is C21H24N4S. The maximum absolute atomic E-state index is 5.47. The van der Waals surface area contributed by atoms with E-state index in [1.165, 1.54) is 11.1 Å². The summed E-state index contributed by atoms with van der Waals surface area (Å²) in [4.78, 5) is 0. The van der Waals surface area contributed by atoms with E-state index in [1.54, 1.807) is 0 Å². The largest absolute Gasteiger partial charge is 0.356 e. The minimum atomic E-state index is 0.147. The van der Waals surface area contributed by atoms with E-state index in [0.29, 0.717) is 5.11 Å². The van der Waals surface area contributed by atoms with Crippen LogP contribution in [0.1, 0.15) is 35.5 Å². The third-order valence-electron chi connectivity index (χ3n) is 4.27. The third kappa shape index (κ3) is 4.70. The number of nitrogens with zero attached hydrogens (tertiary/aromatic N) is 2.